The summed E-state index contributed by atoms with van der Waals surface area (Å²) in [6.45, 7) is 9.49. The van der Waals surface area contributed by atoms with Crippen molar-refractivity contribution in [2.45, 2.75) is 89.9 Å². The number of piperidine rings is 1. The van der Waals surface area contributed by atoms with Gasteiger partial charge in [-0.3, -0.25) is 0 Å². The van der Waals surface area contributed by atoms with Crippen LogP contribution in [0.3, 0.4) is 0 Å². The van der Waals surface area contributed by atoms with Crippen LogP contribution in [-0.4, -0.2) is 53.1 Å². The summed E-state index contributed by atoms with van der Waals surface area (Å²) in [5, 5.41) is 15.0. The molecule has 1 aromatic carbocycles. The maximum absolute atomic E-state index is 12.3. The van der Waals surface area contributed by atoms with Gasteiger partial charge in [-0.25, -0.2) is 4.79 Å². The Hall–Kier alpha value is -2.61. The summed E-state index contributed by atoms with van der Waals surface area (Å²) in [6, 6.07) is 9.13. The third kappa shape index (κ3) is 6.47. The number of amides is 1. The van der Waals surface area contributed by atoms with E-state index in [1.165, 1.54) is 12.1 Å². The molecule has 1 saturated heterocycles. The maximum Gasteiger partial charge on any atom is 0.407 e. The van der Waals surface area contributed by atoms with Crippen molar-refractivity contribution in [2.75, 3.05) is 18.0 Å². The highest BCUT2D eigenvalue weighted by Crippen LogP contribution is 2.26. The van der Waals surface area contributed by atoms with E-state index in [9.17, 15) is 4.79 Å². The maximum atomic E-state index is 12.3. The van der Waals surface area contributed by atoms with Crippen LogP contribution in [0.4, 0.5) is 10.5 Å². The Morgan fingerprint density at radius 2 is 1.79 bits per heavy atom. The van der Waals surface area contributed by atoms with Gasteiger partial charge in [-0.05, 0) is 70.7 Å². The predicted octanol–water partition coefficient (Wildman–Crippen LogP) is 4.44. The molecule has 4 rings (SSSR count). The number of carbonyl (C=O) groups excluding carboxylic acids is 1. The molecule has 2 aliphatic rings. The van der Waals surface area contributed by atoms with Crippen LogP contribution in [0.25, 0.3) is 11.5 Å². The van der Waals surface area contributed by atoms with Gasteiger partial charge in [0.2, 0.25) is 11.8 Å². The molecule has 2 aromatic rings. The molecular formula is C25H37N5O3. The molecule has 2 N–H and O–H groups in total. The van der Waals surface area contributed by atoms with E-state index >= 15 is 0 Å². The fraction of sp³-hybridized carbons (Fsp3) is 0.640. The van der Waals surface area contributed by atoms with E-state index in [4.69, 9.17) is 9.15 Å². The van der Waals surface area contributed by atoms with Crippen LogP contribution >= 0.6 is 0 Å². The molecule has 33 heavy (non-hydrogen) atoms. The molecule has 8 nitrogen and oxygen atoms in total. The van der Waals surface area contributed by atoms with Gasteiger partial charge in [0.25, 0.3) is 0 Å². The molecule has 1 amide bonds. The first-order valence-corrected chi connectivity index (χ1v) is 12.2. The third-order valence-electron chi connectivity index (χ3n) is 6.34. The van der Waals surface area contributed by atoms with Gasteiger partial charge in [-0.15, -0.1) is 10.2 Å². The average Bonchev–Trinajstić information content (AvgIpc) is 3.20. The van der Waals surface area contributed by atoms with Crippen molar-refractivity contribution in [3.63, 3.8) is 0 Å². The van der Waals surface area contributed by atoms with Gasteiger partial charge in [0, 0.05) is 49.4 Å². The molecule has 0 radical (unpaired) electrons. The number of hydrogen-bond acceptors (Lipinski definition) is 7. The lowest BCUT2D eigenvalue weighted by atomic mass is 9.89. The number of alkyl carbamates (subject to hydrolysis) is 1. The first kappa shape index (κ1) is 23.5. The number of rotatable bonds is 5. The monoisotopic (exact) mass is 455 g/mol. The van der Waals surface area contributed by atoms with Crippen molar-refractivity contribution in [3.05, 3.63) is 30.2 Å². The highest BCUT2D eigenvalue weighted by atomic mass is 16.6. The smallest absolute Gasteiger partial charge is 0.407 e. The third-order valence-corrected chi connectivity index (χ3v) is 6.34. The Bertz CT molecular complexity index is 921. The van der Waals surface area contributed by atoms with Crippen LogP contribution in [0, 0.1) is 6.92 Å². The first-order chi connectivity index (χ1) is 15.8. The standard InChI is InChI=1S/C25H37N5O3/c1-17-28-29-23(32-17)18-11-13-20(14-12-18)30-15-7-8-19(16-30)26-21-9-5-6-10-22(21)27-24(31)33-25(2,3)4/h11-14,19,21-22,26H,5-10,15-16H2,1-4H3,(H,27,31)/t19?,21-,22-/m1/s1. The van der Waals surface area contributed by atoms with E-state index < -0.39 is 5.60 Å². The number of anilines is 1. The first-order valence-electron chi connectivity index (χ1n) is 12.2. The normalized spacial score (nSPS) is 23.9. The van der Waals surface area contributed by atoms with Crippen molar-refractivity contribution in [1.82, 2.24) is 20.8 Å². The summed E-state index contributed by atoms with van der Waals surface area (Å²) in [4.78, 5) is 14.8. The molecule has 180 valence electrons. The zero-order chi connectivity index (χ0) is 23.4. The van der Waals surface area contributed by atoms with Gasteiger partial charge < -0.3 is 24.7 Å². The summed E-state index contributed by atoms with van der Waals surface area (Å²) < 4.78 is 11.0. The second-order valence-electron chi connectivity index (χ2n) is 10.3. The van der Waals surface area contributed by atoms with E-state index in [1.54, 1.807) is 6.92 Å². The van der Waals surface area contributed by atoms with Crippen LogP contribution in [-0.2, 0) is 4.74 Å². The SMILES string of the molecule is Cc1nnc(-c2ccc(N3CCCC(N[C@@H]4CCCC[C@H]4NC(=O)OC(C)(C)C)C3)cc2)o1. The number of carbonyl (C=O) groups is 1. The van der Waals surface area contributed by atoms with Crippen molar-refractivity contribution in [3.8, 4) is 11.5 Å². The molecule has 1 aliphatic heterocycles. The zero-order valence-corrected chi connectivity index (χ0v) is 20.3. The van der Waals surface area contributed by atoms with Crippen molar-refractivity contribution in [1.29, 1.82) is 0 Å². The van der Waals surface area contributed by atoms with Gasteiger partial charge in [-0.1, -0.05) is 12.8 Å². The fourth-order valence-electron chi connectivity index (χ4n) is 4.84. The Kier molecular flexibility index (Phi) is 7.22. The van der Waals surface area contributed by atoms with Gasteiger partial charge in [0.05, 0.1) is 0 Å². The summed E-state index contributed by atoms with van der Waals surface area (Å²) >= 11 is 0. The predicted molar refractivity (Wildman–Crippen MR) is 128 cm³/mol. The highest BCUT2D eigenvalue weighted by Gasteiger charge is 2.31. The van der Waals surface area contributed by atoms with E-state index in [0.717, 1.165) is 50.8 Å². The van der Waals surface area contributed by atoms with E-state index in [1.807, 2.05) is 32.9 Å². The summed E-state index contributed by atoms with van der Waals surface area (Å²) in [6.07, 6.45) is 6.37. The lowest BCUT2D eigenvalue weighted by Gasteiger charge is -2.40. The molecule has 0 spiro atoms. The van der Waals surface area contributed by atoms with E-state index in [2.05, 4.69) is 37.9 Å². The molecule has 1 unspecified atom stereocenters. The van der Waals surface area contributed by atoms with E-state index in [0.29, 0.717) is 17.8 Å². The zero-order valence-electron chi connectivity index (χ0n) is 20.3. The Labute approximate surface area is 196 Å². The topological polar surface area (TPSA) is 92.5 Å². The van der Waals surface area contributed by atoms with Crippen LogP contribution in [0.15, 0.2) is 28.7 Å². The lowest BCUT2D eigenvalue weighted by molar-refractivity contribution is 0.0476. The molecule has 8 heteroatoms. The highest BCUT2D eigenvalue weighted by molar-refractivity contribution is 5.68. The lowest BCUT2D eigenvalue weighted by Crippen LogP contribution is -2.57. The fourth-order valence-corrected chi connectivity index (χ4v) is 4.84. The molecule has 1 aliphatic carbocycles. The van der Waals surface area contributed by atoms with Crippen LogP contribution in [0.2, 0.25) is 0 Å². The number of nitrogens with one attached hydrogen (secondary N) is 2. The van der Waals surface area contributed by atoms with Gasteiger partial charge >= 0.3 is 6.09 Å². The molecule has 2 fully saturated rings. The minimum Gasteiger partial charge on any atom is -0.444 e. The van der Waals surface area contributed by atoms with Crippen molar-refractivity contribution < 1.29 is 13.9 Å². The number of aryl methyl sites for hydroxylation is 1. The van der Waals surface area contributed by atoms with Crippen molar-refractivity contribution in [2.24, 2.45) is 0 Å². The second kappa shape index (κ2) is 10.1. The van der Waals surface area contributed by atoms with E-state index in [-0.39, 0.29) is 18.2 Å². The second-order valence-corrected chi connectivity index (χ2v) is 10.3. The Morgan fingerprint density at radius 1 is 1.06 bits per heavy atom. The number of hydrogen-bond donors (Lipinski definition) is 2. The molecule has 3 atom stereocenters. The number of benzene rings is 1. The number of aromatic nitrogens is 2. The minimum atomic E-state index is -0.483. The van der Waals surface area contributed by atoms with Crippen LogP contribution < -0.4 is 15.5 Å². The van der Waals surface area contributed by atoms with Crippen LogP contribution in [0.5, 0.6) is 0 Å². The minimum absolute atomic E-state index is 0.112. The molecule has 2 heterocycles. The largest absolute Gasteiger partial charge is 0.444 e. The summed E-state index contributed by atoms with van der Waals surface area (Å²) in [7, 11) is 0. The van der Waals surface area contributed by atoms with Crippen LogP contribution in [0.1, 0.15) is 65.2 Å². The average molecular weight is 456 g/mol. The Balaban J connectivity index is 1.35. The van der Waals surface area contributed by atoms with Gasteiger partial charge in [0.15, 0.2) is 0 Å². The number of nitrogens with zero attached hydrogens (tertiary/aromatic N) is 3. The quantitative estimate of drug-likeness (QED) is 0.688. The molecular weight excluding hydrogens is 418 g/mol. The van der Waals surface area contributed by atoms with Gasteiger partial charge in [0.1, 0.15) is 5.60 Å². The molecule has 0 bridgehead atoms. The summed E-state index contributed by atoms with van der Waals surface area (Å²) in [5.74, 6) is 1.12. The Morgan fingerprint density at radius 3 is 2.45 bits per heavy atom. The number of ether oxygens (including phenoxy) is 1. The molecule has 1 aromatic heterocycles. The molecule has 1 saturated carbocycles. The van der Waals surface area contributed by atoms with Gasteiger partial charge in [-0.2, -0.15) is 0 Å². The summed E-state index contributed by atoms with van der Waals surface area (Å²) in [5.41, 5.74) is 1.65. The van der Waals surface area contributed by atoms with Crippen molar-refractivity contribution >= 4 is 11.8 Å².